The summed E-state index contributed by atoms with van der Waals surface area (Å²) in [4.78, 5) is 39.6. The van der Waals surface area contributed by atoms with Crippen molar-refractivity contribution in [2.75, 3.05) is 13.2 Å². The van der Waals surface area contributed by atoms with Gasteiger partial charge in [0.2, 0.25) is 11.8 Å². The first-order valence-electron chi connectivity index (χ1n) is 14.6. The molecule has 3 N–H and O–H groups in total. The van der Waals surface area contributed by atoms with Crippen molar-refractivity contribution in [3.05, 3.63) is 97.1 Å². The molecule has 0 radical (unpaired) electrons. The number of aliphatic hydroxyl groups is 1. The molecule has 2 amide bonds. The molecule has 41 heavy (non-hydrogen) atoms. The molecule has 0 unspecified atom stereocenters. The van der Waals surface area contributed by atoms with Crippen LogP contribution < -0.4 is 10.6 Å². The van der Waals surface area contributed by atoms with E-state index in [1.165, 1.54) is 0 Å². The van der Waals surface area contributed by atoms with Gasteiger partial charge in [0.1, 0.15) is 6.61 Å². The van der Waals surface area contributed by atoms with Crippen molar-refractivity contribution in [3.8, 4) is 0 Å². The number of hydrogen-bond acceptors (Lipinski definition) is 5. The smallest absolute Gasteiger partial charge is 0.309 e. The highest BCUT2D eigenvalue weighted by Gasteiger charge is 2.35. The van der Waals surface area contributed by atoms with Gasteiger partial charge in [0.15, 0.2) is 0 Å². The Kier molecular flexibility index (Phi) is 12.8. The molecule has 3 atom stereocenters. The van der Waals surface area contributed by atoms with Crippen LogP contribution in [0.15, 0.2) is 86.0 Å². The summed E-state index contributed by atoms with van der Waals surface area (Å²) in [6.45, 7) is 7.41. The molecule has 2 aromatic rings. The van der Waals surface area contributed by atoms with E-state index in [1.54, 1.807) is 12.2 Å². The molecule has 0 aliphatic heterocycles. The number of carbonyl (C=O) groups excluding carboxylic acids is 3. The molecule has 2 aromatic carbocycles. The summed E-state index contributed by atoms with van der Waals surface area (Å²) >= 11 is 0. The highest BCUT2D eigenvalue weighted by atomic mass is 16.5. The fourth-order valence-corrected chi connectivity index (χ4v) is 5.43. The second-order valence-corrected chi connectivity index (χ2v) is 11.0. The van der Waals surface area contributed by atoms with Gasteiger partial charge in [0.25, 0.3) is 0 Å². The van der Waals surface area contributed by atoms with E-state index in [9.17, 15) is 19.5 Å². The number of carbonyl (C=O) groups is 3. The topological polar surface area (TPSA) is 105 Å². The van der Waals surface area contributed by atoms with Crippen LogP contribution >= 0.6 is 0 Å². The van der Waals surface area contributed by atoms with Crippen LogP contribution in [0.3, 0.4) is 0 Å². The Morgan fingerprint density at radius 2 is 1.61 bits per heavy atom. The number of allylic oxidation sites excluding steroid dienone is 2. The molecule has 0 spiro atoms. The van der Waals surface area contributed by atoms with Crippen molar-refractivity contribution >= 4 is 17.8 Å². The largest absolute Gasteiger partial charge is 0.463 e. The Labute approximate surface area is 244 Å². The lowest BCUT2D eigenvalue weighted by molar-refractivity contribution is -0.150. The van der Waals surface area contributed by atoms with E-state index < -0.39 is 17.5 Å². The number of nitrogens with one attached hydrogen (secondary N) is 2. The number of hydrogen-bond donors (Lipinski definition) is 3. The van der Waals surface area contributed by atoms with Crippen LogP contribution in [0.4, 0.5) is 0 Å². The lowest BCUT2D eigenvalue weighted by atomic mass is 9.94. The molecule has 7 heteroatoms. The molecule has 3 rings (SSSR count). The number of rotatable bonds is 17. The monoisotopic (exact) mass is 560 g/mol. The van der Waals surface area contributed by atoms with E-state index >= 15 is 0 Å². The van der Waals surface area contributed by atoms with Crippen molar-refractivity contribution in [3.63, 3.8) is 0 Å². The minimum absolute atomic E-state index is 0.0262. The van der Waals surface area contributed by atoms with E-state index in [0.717, 1.165) is 36.8 Å². The highest BCUT2D eigenvalue weighted by Crippen LogP contribution is 2.29. The first kappa shape index (κ1) is 31.8. The third-order valence-electron chi connectivity index (χ3n) is 7.81. The molecule has 0 saturated heterocycles. The Morgan fingerprint density at radius 3 is 2.22 bits per heavy atom. The predicted octanol–water partition coefficient (Wildman–Crippen LogP) is 5.22. The molecule has 220 valence electrons. The van der Waals surface area contributed by atoms with Crippen LogP contribution in [-0.2, 0) is 25.5 Å². The van der Waals surface area contributed by atoms with Gasteiger partial charge in [-0.1, -0.05) is 85.7 Å². The zero-order chi connectivity index (χ0) is 29.5. The normalized spacial score (nSPS) is 16.1. The van der Waals surface area contributed by atoms with Gasteiger partial charge in [-0.15, -0.1) is 13.2 Å². The van der Waals surface area contributed by atoms with Crippen molar-refractivity contribution in [2.45, 2.75) is 69.4 Å². The maximum Gasteiger partial charge on any atom is 0.309 e. The lowest BCUT2D eigenvalue weighted by Crippen LogP contribution is -2.50. The molecule has 7 nitrogen and oxygen atoms in total. The van der Waals surface area contributed by atoms with E-state index in [2.05, 4.69) is 23.8 Å². The number of aliphatic hydroxyl groups excluding tert-OH is 1. The molecule has 1 aliphatic rings. The Balaban J connectivity index is 1.68. The van der Waals surface area contributed by atoms with Crippen LogP contribution in [0.2, 0.25) is 0 Å². The summed E-state index contributed by atoms with van der Waals surface area (Å²) in [5.74, 6) is -1.89. The fourth-order valence-electron chi connectivity index (χ4n) is 5.43. The SMILES string of the molecule is C=CCC[C@H](Cc1ccccc1)C(=O)OC[C@H](NC(=O)[C@@H](CC=C)CC(=O)NC1(CO)CCCC1)c1ccccc1. The van der Waals surface area contributed by atoms with Crippen LogP contribution in [-0.4, -0.2) is 41.6 Å². The average molecular weight is 561 g/mol. The first-order chi connectivity index (χ1) is 19.9. The van der Waals surface area contributed by atoms with E-state index in [0.29, 0.717) is 25.7 Å². The molecule has 1 saturated carbocycles. The zero-order valence-electron chi connectivity index (χ0n) is 23.9. The summed E-state index contributed by atoms with van der Waals surface area (Å²) in [6.07, 6.45) is 8.93. The first-order valence-corrected chi connectivity index (χ1v) is 14.6. The highest BCUT2D eigenvalue weighted by molar-refractivity contribution is 5.86. The van der Waals surface area contributed by atoms with Crippen molar-refractivity contribution in [1.29, 1.82) is 0 Å². The Hall–Kier alpha value is -3.71. The minimum atomic E-state index is -0.648. The summed E-state index contributed by atoms with van der Waals surface area (Å²) < 4.78 is 5.81. The van der Waals surface area contributed by atoms with Crippen molar-refractivity contribution in [1.82, 2.24) is 10.6 Å². The summed E-state index contributed by atoms with van der Waals surface area (Å²) in [6, 6.07) is 18.6. The average Bonchev–Trinajstić information content (AvgIpc) is 3.46. The van der Waals surface area contributed by atoms with Crippen LogP contribution in [0.25, 0.3) is 0 Å². The molecule has 0 heterocycles. The van der Waals surface area contributed by atoms with Gasteiger partial charge in [0.05, 0.1) is 30.0 Å². The van der Waals surface area contributed by atoms with Gasteiger partial charge < -0.3 is 20.5 Å². The maximum atomic E-state index is 13.5. The minimum Gasteiger partial charge on any atom is -0.463 e. The van der Waals surface area contributed by atoms with Crippen molar-refractivity contribution < 1.29 is 24.2 Å². The molecular formula is C34H44N2O5. The molecular weight excluding hydrogens is 516 g/mol. The lowest BCUT2D eigenvalue weighted by Gasteiger charge is -2.29. The van der Waals surface area contributed by atoms with Crippen LogP contribution in [0.5, 0.6) is 0 Å². The molecule has 0 aromatic heterocycles. The number of amides is 2. The maximum absolute atomic E-state index is 13.5. The van der Waals surface area contributed by atoms with E-state index in [1.807, 2.05) is 60.7 Å². The van der Waals surface area contributed by atoms with Crippen LogP contribution in [0, 0.1) is 11.8 Å². The molecule has 1 aliphatic carbocycles. The second kappa shape index (κ2) is 16.5. The summed E-state index contributed by atoms with van der Waals surface area (Å²) in [5, 5.41) is 15.9. The zero-order valence-corrected chi connectivity index (χ0v) is 23.9. The number of esters is 1. The van der Waals surface area contributed by atoms with Gasteiger partial charge in [-0.05, 0) is 49.7 Å². The van der Waals surface area contributed by atoms with Gasteiger partial charge in [-0.25, -0.2) is 0 Å². The second-order valence-electron chi connectivity index (χ2n) is 11.0. The molecule has 1 fully saturated rings. The summed E-state index contributed by atoms with van der Waals surface area (Å²) in [5.41, 5.74) is 1.25. The van der Waals surface area contributed by atoms with Crippen molar-refractivity contribution in [2.24, 2.45) is 11.8 Å². The van der Waals surface area contributed by atoms with Gasteiger partial charge >= 0.3 is 5.97 Å². The molecule has 0 bridgehead atoms. The number of ether oxygens (including phenoxy) is 1. The number of benzene rings is 2. The van der Waals surface area contributed by atoms with E-state index in [4.69, 9.17) is 4.74 Å². The third kappa shape index (κ3) is 10.0. The quantitative estimate of drug-likeness (QED) is 0.182. The fraction of sp³-hybridized carbons (Fsp3) is 0.441. The third-order valence-corrected chi connectivity index (χ3v) is 7.81. The van der Waals surface area contributed by atoms with Crippen LogP contribution in [0.1, 0.15) is 68.5 Å². The standard InChI is InChI=1S/C34H44N2O5/c1-3-5-17-29(22-26-15-8-6-9-16-26)33(40)41-24-30(27-18-10-7-11-19-27)35-32(39)28(14-4-2)23-31(38)36-34(25-37)20-12-13-21-34/h3-4,6-11,15-16,18-19,28-30,37H,1-2,5,12-14,17,20-25H2,(H,35,39)(H,36,38)/t28-,29+,30-/m0/s1. The van der Waals surface area contributed by atoms with Gasteiger partial charge in [0, 0.05) is 6.42 Å². The van der Waals surface area contributed by atoms with Gasteiger partial charge in [-0.2, -0.15) is 0 Å². The van der Waals surface area contributed by atoms with E-state index in [-0.39, 0.29) is 43.3 Å². The van der Waals surface area contributed by atoms with Gasteiger partial charge in [-0.3, -0.25) is 14.4 Å². The Bertz CT molecular complexity index is 1130. The Morgan fingerprint density at radius 1 is 0.951 bits per heavy atom. The predicted molar refractivity (Wildman–Crippen MR) is 161 cm³/mol. The summed E-state index contributed by atoms with van der Waals surface area (Å²) in [7, 11) is 0.